The van der Waals surface area contributed by atoms with Crippen molar-refractivity contribution in [3.63, 3.8) is 0 Å². The van der Waals surface area contributed by atoms with Crippen LogP contribution in [-0.4, -0.2) is 19.3 Å². The van der Waals surface area contributed by atoms with E-state index in [9.17, 15) is 0 Å². The van der Waals surface area contributed by atoms with Gasteiger partial charge in [-0.2, -0.15) is 0 Å². The van der Waals surface area contributed by atoms with E-state index < -0.39 is 0 Å². The quantitative estimate of drug-likeness (QED) is 0.738. The second-order valence-electron chi connectivity index (χ2n) is 4.51. The first-order valence-electron chi connectivity index (χ1n) is 6.11. The van der Waals surface area contributed by atoms with Gasteiger partial charge in [0, 0.05) is 12.6 Å². The maximum absolute atomic E-state index is 6.10. The van der Waals surface area contributed by atoms with Gasteiger partial charge in [0.05, 0.1) is 6.61 Å². The summed E-state index contributed by atoms with van der Waals surface area (Å²) in [5.41, 5.74) is 6.10. The van der Waals surface area contributed by atoms with Gasteiger partial charge in [0.25, 0.3) is 0 Å². The van der Waals surface area contributed by atoms with Crippen molar-refractivity contribution in [2.45, 2.75) is 52.0 Å². The fraction of sp³-hybridized carbons (Fsp3) is 1.00. The largest absolute Gasteiger partial charge is 0.380 e. The number of rotatable bonds is 5. The van der Waals surface area contributed by atoms with Crippen LogP contribution in [0.3, 0.4) is 0 Å². The van der Waals surface area contributed by atoms with Crippen LogP contribution in [0.15, 0.2) is 0 Å². The van der Waals surface area contributed by atoms with Crippen LogP contribution in [0.2, 0.25) is 0 Å². The van der Waals surface area contributed by atoms with Crippen molar-refractivity contribution < 1.29 is 4.74 Å². The molecule has 84 valence electrons. The summed E-state index contributed by atoms with van der Waals surface area (Å²) in [7, 11) is 0. The van der Waals surface area contributed by atoms with E-state index in [1.807, 2.05) is 6.92 Å². The van der Waals surface area contributed by atoms with Crippen LogP contribution in [0.5, 0.6) is 0 Å². The standard InChI is InChI=1S/C12H25NO/c1-3-10-5-7-11(8-6-10)12(13)9-14-4-2/h10-12H,3-9,13H2,1-2H3. The van der Waals surface area contributed by atoms with E-state index in [1.165, 1.54) is 32.1 Å². The van der Waals surface area contributed by atoms with Crippen molar-refractivity contribution in [2.75, 3.05) is 13.2 Å². The fourth-order valence-electron chi connectivity index (χ4n) is 2.41. The van der Waals surface area contributed by atoms with Crippen molar-refractivity contribution in [2.24, 2.45) is 17.6 Å². The molecule has 14 heavy (non-hydrogen) atoms. The Morgan fingerprint density at radius 2 is 1.86 bits per heavy atom. The van der Waals surface area contributed by atoms with Gasteiger partial charge in [-0.15, -0.1) is 0 Å². The predicted molar refractivity (Wildman–Crippen MR) is 60.2 cm³/mol. The Balaban J connectivity index is 2.19. The van der Waals surface area contributed by atoms with Gasteiger partial charge < -0.3 is 10.5 Å². The summed E-state index contributed by atoms with van der Waals surface area (Å²) in [5, 5.41) is 0. The number of nitrogens with two attached hydrogens (primary N) is 1. The van der Waals surface area contributed by atoms with Crippen LogP contribution in [0, 0.1) is 11.8 Å². The summed E-state index contributed by atoms with van der Waals surface area (Å²) >= 11 is 0. The van der Waals surface area contributed by atoms with Gasteiger partial charge >= 0.3 is 0 Å². The van der Waals surface area contributed by atoms with Gasteiger partial charge in [-0.25, -0.2) is 0 Å². The highest BCUT2D eigenvalue weighted by Gasteiger charge is 2.24. The van der Waals surface area contributed by atoms with E-state index in [-0.39, 0.29) is 6.04 Å². The summed E-state index contributed by atoms with van der Waals surface area (Å²) in [4.78, 5) is 0. The van der Waals surface area contributed by atoms with Crippen LogP contribution >= 0.6 is 0 Å². The minimum Gasteiger partial charge on any atom is -0.380 e. The zero-order chi connectivity index (χ0) is 10.4. The predicted octanol–water partition coefficient (Wildman–Crippen LogP) is 2.57. The molecule has 0 radical (unpaired) electrons. The molecule has 1 aliphatic carbocycles. The Hall–Kier alpha value is -0.0800. The Bertz CT molecular complexity index is 141. The van der Waals surface area contributed by atoms with E-state index in [2.05, 4.69) is 6.92 Å². The third-order valence-corrected chi connectivity index (χ3v) is 3.59. The van der Waals surface area contributed by atoms with Gasteiger partial charge in [-0.1, -0.05) is 26.2 Å². The first kappa shape index (κ1) is 12.0. The number of hydrogen-bond acceptors (Lipinski definition) is 2. The molecule has 2 N–H and O–H groups in total. The summed E-state index contributed by atoms with van der Waals surface area (Å²) in [6, 6.07) is 0.271. The van der Waals surface area contributed by atoms with Gasteiger partial charge in [0.2, 0.25) is 0 Å². The number of hydrogen-bond donors (Lipinski definition) is 1. The normalized spacial score (nSPS) is 30.2. The molecule has 1 atom stereocenters. The molecular formula is C12H25NO. The highest BCUT2D eigenvalue weighted by Crippen LogP contribution is 2.31. The molecular weight excluding hydrogens is 174 g/mol. The summed E-state index contributed by atoms with van der Waals surface area (Å²) in [5.74, 6) is 1.68. The Morgan fingerprint density at radius 1 is 1.21 bits per heavy atom. The van der Waals surface area contributed by atoms with Crippen LogP contribution in [0.4, 0.5) is 0 Å². The molecule has 1 saturated carbocycles. The minimum atomic E-state index is 0.271. The SMILES string of the molecule is CCOCC(N)C1CCC(CC)CC1. The Morgan fingerprint density at radius 3 is 2.36 bits per heavy atom. The first-order chi connectivity index (χ1) is 6.77. The molecule has 0 aromatic rings. The van der Waals surface area contributed by atoms with Crippen molar-refractivity contribution in [1.29, 1.82) is 0 Å². The molecule has 0 spiro atoms. The van der Waals surface area contributed by atoms with Crippen molar-refractivity contribution in [3.8, 4) is 0 Å². The van der Waals surface area contributed by atoms with E-state index in [0.717, 1.165) is 19.1 Å². The number of ether oxygens (including phenoxy) is 1. The molecule has 1 rings (SSSR count). The molecule has 0 aliphatic heterocycles. The third-order valence-electron chi connectivity index (χ3n) is 3.59. The highest BCUT2D eigenvalue weighted by molar-refractivity contribution is 4.79. The maximum atomic E-state index is 6.10. The van der Waals surface area contributed by atoms with E-state index in [4.69, 9.17) is 10.5 Å². The van der Waals surface area contributed by atoms with Crippen LogP contribution in [0.25, 0.3) is 0 Å². The first-order valence-corrected chi connectivity index (χ1v) is 6.11. The van der Waals surface area contributed by atoms with Gasteiger partial charge in [-0.3, -0.25) is 0 Å². The zero-order valence-electron chi connectivity index (χ0n) is 9.67. The molecule has 0 aromatic carbocycles. The minimum absolute atomic E-state index is 0.271. The van der Waals surface area contributed by atoms with Gasteiger partial charge in [0.1, 0.15) is 0 Å². The average molecular weight is 199 g/mol. The fourth-order valence-corrected chi connectivity index (χ4v) is 2.41. The van der Waals surface area contributed by atoms with Crippen molar-refractivity contribution in [1.82, 2.24) is 0 Å². The molecule has 0 bridgehead atoms. The smallest absolute Gasteiger partial charge is 0.0620 e. The average Bonchev–Trinajstić information content (AvgIpc) is 2.26. The molecule has 1 unspecified atom stereocenters. The summed E-state index contributed by atoms with van der Waals surface area (Å²) in [6.07, 6.45) is 6.72. The molecule has 2 nitrogen and oxygen atoms in total. The molecule has 0 aromatic heterocycles. The van der Waals surface area contributed by atoms with Crippen LogP contribution in [0.1, 0.15) is 46.0 Å². The summed E-state index contributed by atoms with van der Waals surface area (Å²) < 4.78 is 5.38. The Kier molecular flexibility index (Phi) is 5.49. The maximum Gasteiger partial charge on any atom is 0.0620 e. The molecule has 1 aliphatic rings. The second-order valence-corrected chi connectivity index (χ2v) is 4.51. The van der Waals surface area contributed by atoms with Gasteiger partial charge in [0.15, 0.2) is 0 Å². The lowest BCUT2D eigenvalue weighted by molar-refractivity contribution is 0.102. The lowest BCUT2D eigenvalue weighted by Crippen LogP contribution is -2.37. The topological polar surface area (TPSA) is 35.2 Å². The van der Waals surface area contributed by atoms with Crippen molar-refractivity contribution in [3.05, 3.63) is 0 Å². The van der Waals surface area contributed by atoms with E-state index in [0.29, 0.717) is 5.92 Å². The van der Waals surface area contributed by atoms with Crippen LogP contribution in [-0.2, 0) is 4.74 Å². The molecule has 0 amide bonds. The van der Waals surface area contributed by atoms with E-state index >= 15 is 0 Å². The third kappa shape index (κ3) is 3.58. The second kappa shape index (κ2) is 6.41. The highest BCUT2D eigenvalue weighted by atomic mass is 16.5. The molecule has 0 saturated heterocycles. The summed E-state index contributed by atoms with van der Waals surface area (Å²) in [6.45, 7) is 5.86. The van der Waals surface area contributed by atoms with Crippen molar-refractivity contribution >= 4 is 0 Å². The lowest BCUT2D eigenvalue weighted by atomic mass is 9.78. The molecule has 0 heterocycles. The monoisotopic (exact) mass is 199 g/mol. The molecule has 1 fully saturated rings. The van der Waals surface area contributed by atoms with E-state index in [1.54, 1.807) is 0 Å². The molecule has 2 heteroatoms. The van der Waals surface area contributed by atoms with Gasteiger partial charge in [-0.05, 0) is 31.6 Å². The lowest BCUT2D eigenvalue weighted by Gasteiger charge is -2.31. The zero-order valence-corrected chi connectivity index (χ0v) is 9.67. The van der Waals surface area contributed by atoms with Crippen LogP contribution < -0.4 is 5.73 Å². The Labute approximate surface area is 88.2 Å².